The van der Waals surface area contributed by atoms with Gasteiger partial charge in [0.15, 0.2) is 0 Å². The number of rotatable bonds is 5. The topological polar surface area (TPSA) is 73.0 Å². The zero-order valence-corrected chi connectivity index (χ0v) is 18.9. The zero-order chi connectivity index (χ0) is 23.7. The van der Waals surface area contributed by atoms with Crippen LogP contribution < -0.4 is 5.32 Å². The SMILES string of the molecule is O=C(/C=C/c1ccc(-c2cc(Cl)cc(Cl)c2)o1)Nc1ccc2nn(-c3ccc(F)cc3)nc2c1. The summed E-state index contributed by atoms with van der Waals surface area (Å²) in [5.74, 6) is 0.408. The molecule has 6 nitrogen and oxygen atoms in total. The number of hydrogen-bond donors (Lipinski definition) is 1. The Balaban J connectivity index is 1.28. The lowest BCUT2D eigenvalue weighted by Gasteiger charge is -2.01. The molecule has 5 aromatic rings. The molecule has 34 heavy (non-hydrogen) atoms. The number of halogens is 3. The van der Waals surface area contributed by atoms with Gasteiger partial charge in [0, 0.05) is 27.4 Å². The lowest BCUT2D eigenvalue weighted by atomic mass is 10.2. The minimum atomic E-state index is -0.339. The molecule has 0 aliphatic heterocycles. The Labute approximate surface area is 203 Å². The average Bonchev–Trinajstić information content (AvgIpc) is 3.44. The molecular weight excluding hydrogens is 478 g/mol. The molecule has 168 valence electrons. The van der Waals surface area contributed by atoms with Gasteiger partial charge in [-0.2, -0.15) is 4.80 Å². The maximum absolute atomic E-state index is 13.1. The van der Waals surface area contributed by atoms with Crippen LogP contribution in [0, 0.1) is 5.82 Å². The molecule has 0 saturated heterocycles. The summed E-state index contributed by atoms with van der Waals surface area (Å²) in [5.41, 5.74) is 3.15. The van der Waals surface area contributed by atoms with E-state index in [1.54, 1.807) is 66.7 Å². The van der Waals surface area contributed by atoms with Crippen LogP contribution in [0.5, 0.6) is 0 Å². The van der Waals surface area contributed by atoms with Gasteiger partial charge in [0.2, 0.25) is 5.91 Å². The van der Waals surface area contributed by atoms with Gasteiger partial charge in [0.05, 0.1) is 5.69 Å². The highest BCUT2D eigenvalue weighted by Crippen LogP contribution is 2.29. The maximum atomic E-state index is 13.1. The first-order valence-electron chi connectivity index (χ1n) is 10.1. The Hall–Kier alpha value is -3.94. The highest BCUT2D eigenvalue weighted by atomic mass is 35.5. The van der Waals surface area contributed by atoms with Crippen molar-refractivity contribution in [3.63, 3.8) is 0 Å². The molecule has 0 aliphatic rings. The Morgan fingerprint density at radius 3 is 2.41 bits per heavy atom. The van der Waals surface area contributed by atoms with E-state index >= 15 is 0 Å². The summed E-state index contributed by atoms with van der Waals surface area (Å²) in [6.07, 6.45) is 2.93. The molecule has 0 aliphatic carbocycles. The monoisotopic (exact) mass is 492 g/mol. The fourth-order valence-electron chi connectivity index (χ4n) is 3.32. The minimum absolute atomic E-state index is 0.335. The molecular formula is C25H15Cl2FN4O2. The molecule has 0 unspecified atom stereocenters. The molecule has 3 aromatic carbocycles. The van der Waals surface area contributed by atoms with E-state index in [0.29, 0.717) is 44.0 Å². The summed E-state index contributed by atoms with van der Waals surface area (Å²) < 4.78 is 18.9. The quantitative estimate of drug-likeness (QED) is 0.274. The number of nitrogens with one attached hydrogen (secondary N) is 1. The number of fused-ring (bicyclic) bond motifs is 1. The summed E-state index contributed by atoms with van der Waals surface area (Å²) in [6, 6.07) is 19.7. The average molecular weight is 493 g/mol. The van der Waals surface area contributed by atoms with Crippen molar-refractivity contribution in [2.45, 2.75) is 0 Å². The number of aromatic nitrogens is 3. The van der Waals surface area contributed by atoms with Crippen molar-refractivity contribution in [3.8, 4) is 17.0 Å². The van der Waals surface area contributed by atoms with E-state index in [2.05, 4.69) is 15.5 Å². The molecule has 1 amide bonds. The van der Waals surface area contributed by atoms with Crippen LogP contribution >= 0.6 is 23.2 Å². The van der Waals surface area contributed by atoms with E-state index in [1.165, 1.54) is 23.0 Å². The molecule has 0 fully saturated rings. The van der Waals surface area contributed by atoms with Crippen molar-refractivity contribution in [2.24, 2.45) is 0 Å². The second-order valence-electron chi connectivity index (χ2n) is 7.35. The van der Waals surface area contributed by atoms with E-state index in [4.69, 9.17) is 27.6 Å². The lowest BCUT2D eigenvalue weighted by molar-refractivity contribution is -0.111. The number of nitrogens with zero attached hydrogens (tertiary/aromatic N) is 3. The smallest absolute Gasteiger partial charge is 0.248 e. The first-order chi connectivity index (χ1) is 16.4. The Kier molecular flexibility index (Phi) is 5.88. The highest BCUT2D eigenvalue weighted by Gasteiger charge is 2.08. The number of anilines is 1. The van der Waals surface area contributed by atoms with E-state index in [1.807, 2.05) is 0 Å². The van der Waals surface area contributed by atoms with Crippen LogP contribution in [0.15, 0.2) is 83.3 Å². The van der Waals surface area contributed by atoms with Crippen LogP contribution in [0.1, 0.15) is 5.76 Å². The lowest BCUT2D eigenvalue weighted by Crippen LogP contribution is -2.07. The summed E-state index contributed by atoms with van der Waals surface area (Å²) >= 11 is 12.1. The molecule has 0 bridgehead atoms. The van der Waals surface area contributed by atoms with Gasteiger partial charge >= 0.3 is 0 Å². The largest absolute Gasteiger partial charge is 0.457 e. The van der Waals surface area contributed by atoms with Gasteiger partial charge in [-0.05, 0) is 78.9 Å². The fourth-order valence-corrected chi connectivity index (χ4v) is 3.84. The third-order valence-corrected chi connectivity index (χ3v) is 5.31. The van der Waals surface area contributed by atoms with Crippen molar-refractivity contribution in [3.05, 3.63) is 100 Å². The van der Waals surface area contributed by atoms with Crippen LogP contribution in [0.3, 0.4) is 0 Å². The van der Waals surface area contributed by atoms with Crippen molar-refractivity contribution >= 4 is 51.9 Å². The van der Waals surface area contributed by atoms with Gasteiger partial charge in [0.1, 0.15) is 28.4 Å². The van der Waals surface area contributed by atoms with E-state index < -0.39 is 0 Å². The van der Waals surface area contributed by atoms with Crippen LogP contribution in [0.2, 0.25) is 10.0 Å². The second kappa shape index (κ2) is 9.13. The molecule has 0 spiro atoms. The van der Waals surface area contributed by atoms with Gasteiger partial charge in [-0.3, -0.25) is 4.79 Å². The van der Waals surface area contributed by atoms with Gasteiger partial charge in [0.25, 0.3) is 0 Å². The third kappa shape index (κ3) is 4.85. The van der Waals surface area contributed by atoms with Crippen molar-refractivity contribution in [1.29, 1.82) is 0 Å². The van der Waals surface area contributed by atoms with Crippen molar-refractivity contribution < 1.29 is 13.6 Å². The molecule has 0 radical (unpaired) electrons. The number of furan rings is 1. The van der Waals surface area contributed by atoms with Crippen LogP contribution in [0.4, 0.5) is 10.1 Å². The normalized spacial score (nSPS) is 11.4. The predicted molar refractivity (Wildman–Crippen MR) is 131 cm³/mol. The number of carbonyl (C=O) groups is 1. The zero-order valence-electron chi connectivity index (χ0n) is 17.4. The molecule has 9 heteroatoms. The van der Waals surface area contributed by atoms with Crippen molar-refractivity contribution in [1.82, 2.24) is 15.0 Å². The van der Waals surface area contributed by atoms with E-state index in [9.17, 15) is 9.18 Å². The van der Waals surface area contributed by atoms with Gasteiger partial charge in [-0.15, -0.1) is 10.2 Å². The third-order valence-electron chi connectivity index (χ3n) is 4.88. The molecule has 0 saturated carbocycles. The van der Waals surface area contributed by atoms with Crippen LogP contribution in [-0.2, 0) is 4.79 Å². The maximum Gasteiger partial charge on any atom is 0.248 e. The van der Waals surface area contributed by atoms with E-state index in [-0.39, 0.29) is 11.7 Å². The number of amides is 1. The molecule has 2 heterocycles. The molecule has 5 rings (SSSR count). The number of carbonyl (C=O) groups excluding carboxylic acids is 1. The first kappa shape index (κ1) is 21.9. The summed E-state index contributed by atoms with van der Waals surface area (Å²) in [4.78, 5) is 13.8. The Bertz CT molecular complexity index is 1520. The van der Waals surface area contributed by atoms with Crippen LogP contribution in [-0.4, -0.2) is 20.9 Å². The summed E-state index contributed by atoms with van der Waals surface area (Å²) in [7, 11) is 0. The number of hydrogen-bond acceptors (Lipinski definition) is 4. The second-order valence-corrected chi connectivity index (χ2v) is 8.22. The predicted octanol–water partition coefficient (Wildman–Crippen LogP) is 6.78. The standard InChI is InChI=1S/C25H15Cl2FN4O2/c26-16-11-15(12-17(27)13-16)24-9-6-21(34-24)7-10-25(33)29-19-3-8-22-23(14-19)31-32(30-22)20-4-1-18(28)2-5-20/h1-14H,(H,29,33)/b10-7+. The highest BCUT2D eigenvalue weighted by molar-refractivity contribution is 6.35. The van der Waals surface area contributed by atoms with Gasteiger partial charge in [-0.25, -0.2) is 4.39 Å². The summed E-state index contributed by atoms with van der Waals surface area (Å²) in [5, 5.41) is 12.6. The molecule has 0 atom stereocenters. The Morgan fingerprint density at radius 2 is 1.65 bits per heavy atom. The van der Waals surface area contributed by atoms with Gasteiger partial charge < -0.3 is 9.73 Å². The van der Waals surface area contributed by atoms with Crippen LogP contribution in [0.25, 0.3) is 34.1 Å². The number of benzene rings is 3. The Morgan fingerprint density at radius 1 is 0.912 bits per heavy atom. The molecule has 2 aromatic heterocycles. The minimum Gasteiger partial charge on any atom is -0.457 e. The summed E-state index contributed by atoms with van der Waals surface area (Å²) in [6.45, 7) is 0. The van der Waals surface area contributed by atoms with Crippen molar-refractivity contribution in [2.75, 3.05) is 5.32 Å². The first-order valence-corrected chi connectivity index (χ1v) is 10.9. The van der Waals surface area contributed by atoms with E-state index in [0.717, 1.165) is 5.56 Å². The molecule has 1 N–H and O–H groups in total. The fraction of sp³-hybridized carbons (Fsp3) is 0. The van der Waals surface area contributed by atoms with Gasteiger partial charge in [-0.1, -0.05) is 23.2 Å².